The summed E-state index contributed by atoms with van der Waals surface area (Å²) in [5.41, 5.74) is 0. The predicted molar refractivity (Wildman–Crippen MR) is 75.3 cm³/mol. The van der Waals surface area contributed by atoms with Gasteiger partial charge in [0.2, 0.25) is 5.91 Å². The first-order chi connectivity index (χ1) is 8.86. The normalized spacial score (nSPS) is 10.3. The molecule has 1 amide bonds. The highest BCUT2D eigenvalue weighted by Crippen LogP contribution is 2.29. The van der Waals surface area contributed by atoms with E-state index in [0.717, 1.165) is 17.8 Å². The number of hydrogen-bond donors (Lipinski definition) is 1. The van der Waals surface area contributed by atoms with Crippen LogP contribution in [0.4, 0.5) is 5.13 Å². The molecule has 8 heteroatoms. The summed E-state index contributed by atoms with van der Waals surface area (Å²) in [6.45, 7) is 2.74. The lowest BCUT2D eigenvalue weighted by Crippen LogP contribution is -2.37. The molecule has 0 aliphatic heterocycles. The van der Waals surface area contributed by atoms with Crippen molar-refractivity contribution in [2.45, 2.75) is 13.3 Å². The Morgan fingerprint density at radius 3 is 2.47 bits per heavy atom. The van der Waals surface area contributed by atoms with Crippen LogP contribution in [0.5, 0.6) is 0 Å². The molecule has 1 rings (SSSR count). The monoisotopic (exact) mass is 305 g/mol. The topological polar surface area (TPSA) is 73.7 Å². The number of aromatic nitrogens is 1. The fourth-order valence-electron chi connectivity index (χ4n) is 1.38. The van der Waals surface area contributed by atoms with E-state index >= 15 is 0 Å². The number of carboxylic acids is 1. The van der Waals surface area contributed by atoms with Crippen LogP contribution >= 0.6 is 22.9 Å². The second-order valence-electron chi connectivity index (χ2n) is 4.13. The largest absolute Gasteiger partial charge is 0.477 e. The van der Waals surface area contributed by atoms with E-state index in [0.29, 0.717) is 11.7 Å². The second-order valence-corrected chi connectivity index (χ2v) is 5.47. The van der Waals surface area contributed by atoms with Gasteiger partial charge in [-0.1, -0.05) is 29.9 Å². The van der Waals surface area contributed by atoms with Gasteiger partial charge < -0.3 is 14.9 Å². The number of thiazole rings is 1. The molecule has 0 spiro atoms. The highest BCUT2D eigenvalue weighted by atomic mass is 35.5. The molecular formula is C11H16ClN3O3S. The molecule has 0 aliphatic rings. The minimum atomic E-state index is -1.11. The van der Waals surface area contributed by atoms with E-state index in [4.69, 9.17) is 16.7 Å². The Kier molecular flexibility index (Phi) is 5.56. The fourth-order valence-corrected chi connectivity index (χ4v) is 2.52. The number of halogens is 1. The number of carbonyl (C=O) groups is 2. The van der Waals surface area contributed by atoms with Gasteiger partial charge >= 0.3 is 5.97 Å². The summed E-state index contributed by atoms with van der Waals surface area (Å²) >= 11 is 6.76. The first kappa shape index (κ1) is 15.7. The van der Waals surface area contributed by atoms with Crippen molar-refractivity contribution >= 4 is 39.9 Å². The smallest absolute Gasteiger partial charge is 0.349 e. The van der Waals surface area contributed by atoms with Gasteiger partial charge in [0.15, 0.2) is 15.2 Å². The lowest BCUT2D eigenvalue weighted by molar-refractivity contribution is -0.127. The van der Waals surface area contributed by atoms with Crippen molar-refractivity contribution in [2.75, 3.05) is 32.1 Å². The molecule has 1 aromatic heterocycles. The van der Waals surface area contributed by atoms with E-state index < -0.39 is 5.97 Å². The Hall–Kier alpha value is -1.34. The van der Waals surface area contributed by atoms with Gasteiger partial charge in [0.1, 0.15) is 0 Å². The van der Waals surface area contributed by atoms with Crippen LogP contribution in [0.25, 0.3) is 0 Å². The Bertz CT molecular complexity index is 476. The molecule has 1 aromatic rings. The summed E-state index contributed by atoms with van der Waals surface area (Å²) in [6, 6.07) is 0. The number of likely N-dealkylation sites (N-methyl/N-ethyl adjacent to an activating group) is 1. The zero-order valence-corrected chi connectivity index (χ0v) is 12.6. The third kappa shape index (κ3) is 4.07. The van der Waals surface area contributed by atoms with Gasteiger partial charge in [-0.25, -0.2) is 9.78 Å². The molecule has 6 nitrogen and oxygen atoms in total. The summed E-state index contributed by atoms with van der Waals surface area (Å²) in [5, 5.41) is 9.37. The predicted octanol–water partition coefficient (Wildman–Crippen LogP) is 1.80. The van der Waals surface area contributed by atoms with Gasteiger partial charge in [-0.05, 0) is 6.42 Å². The summed E-state index contributed by atoms with van der Waals surface area (Å²) in [7, 11) is 3.34. The lowest BCUT2D eigenvalue weighted by Gasteiger charge is -2.22. The number of amides is 1. The highest BCUT2D eigenvalue weighted by Gasteiger charge is 2.21. The standard InChI is InChI=1S/C11H16ClN3O3S/c1-4-5-15(6-7(16)14(2)3)11-13-9(12)8(19-11)10(17)18/h4-6H2,1-3H3,(H,17,18). The third-order valence-corrected chi connectivity index (χ3v) is 3.85. The van der Waals surface area contributed by atoms with Crippen LogP contribution in [0.15, 0.2) is 0 Å². The number of hydrogen-bond acceptors (Lipinski definition) is 5. The number of nitrogens with zero attached hydrogens (tertiary/aromatic N) is 3. The maximum atomic E-state index is 11.7. The molecule has 0 bridgehead atoms. The molecule has 0 radical (unpaired) electrons. The highest BCUT2D eigenvalue weighted by molar-refractivity contribution is 7.18. The van der Waals surface area contributed by atoms with Gasteiger partial charge in [0.05, 0.1) is 6.54 Å². The van der Waals surface area contributed by atoms with Crippen molar-refractivity contribution in [1.82, 2.24) is 9.88 Å². The molecule has 19 heavy (non-hydrogen) atoms. The van der Waals surface area contributed by atoms with Gasteiger partial charge in [-0.15, -0.1) is 0 Å². The lowest BCUT2D eigenvalue weighted by atomic mass is 10.4. The van der Waals surface area contributed by atoms with E-state index in [9.17, 15) is 9.59 Å². The molecule has 0 aromatic carbocycles. The molecule has 1 N–H and O–H groups in total. The van der Waals surface area contributed by atoms with Crippen LogP contribution in [0.2, 0.25) is 5.15 Å². The number of aromatic carboxylic acids is 1. The molecule has 0 saturated heterocycles. The fraction of sp³-hybridized carbons (Fsp3) is 0.545. The minimum Gasteiger partial charge on any atom is -0.477 e. The van der Waals surface area contributed by atoms with Crippen molar-refractivity contribution in [1.29, 1.82) is 0 Å². The number of carbonyl (C=O) groups excluding carboxylic acids is 1. The molecular weight excluding hydrogens is 290 g/mol. The van der Waals surface area contributed by atoms with Crippen LogP contribution < -0.4 is 4.90 Å². The SMILES string of the molecule is CCCN(CC(=O)N(C)C)c1nc(Cl)c(C(=O)O)s1. The van der Waals surface area contributed by atoms with Crippen molar-refractivity contribution in [2.24, 2.45) is 0 Å². The van der Waals surface area contributed by atoms with Crippen LogP contribution in [-0.2, 0) is 4.79 Å². The third-order valence-electron chi connectivity index (χ3n) is 2.36. The quantitative estimate of drug-likeness (QED) is 0.867. The van der Waals surface area contributed by atoms with Gasteiger partial charge in [0.25, 0.3) is 0 Å². The minimum absolute atomic E-state index is 0.00456. The first-order valence-electron chi connectivity index (χ1n) is 5.71. The van der Waals surface area contributed by atoms with Gasteiger partial charge in [-0.3, -0.25) is 4.79 Å². The molecule has 0 unspecified atom stereocenters. The zero-order chi connectivity index (χ0) is 14.6. The summed E-state index contributed by atoms with van der Waals surface area (Å²) in [5.74, 6) is -1.18. The number of rotatable bonds is 6. The Labute approximate surface area is 120 Å². The maximum Gasteiger partial charge on any atom is 0.349 e. The van der Waals surface area contributed by atoms with Gasteiger partial charge in [-0.2, -0.15) is 0 Å². The average Bonchev–Trinajstić information content (AvgIpc) is 2.70. The van der Waals surface area contributed by atoms with Crippen molar-refractivity contribution in [3.63, 3.8) is 0 Å². The summed E-state index contributed by atoms with van der Waals surface area (Å²) < 4.78 is 0. The summed E-state index contributed by atoms with van der Waals surface area (Å²) in [4.78, 5) is 29.9. The van der Waals surface area contributed by atoms with E-state index in [1.54, 1.807) is 19.0 Å². The van der Waals surface area contributed by atoms with Crippen LogP contribution in [0.3, 0.4) is 0 Å². The van der Waals surface area contributed by atoms with E-state index in [-0.39, 0.29) is 22.5 Å². The van der Waals surface area contributed by atoms with Crippen molar-refractivity contribution in [3.8, 4) is 0 Å². The van der Waals surface area contributed by atoms with Crippen LogP contribution in [0.1, 0.15) is 23.0 Å². The van der Waals surface area contributed by atoms with E-state index in [2.05, 4.69) is 4.98 Å². The number of anilines is 1. The molecule has 106 valence electrons. The average molecular weight is 306 g/mol. The Morgan fingerprint density at radius 2 is 2.05 bits per heavy atom. The van der Waals surface area contributed by atoms with Crippen LogP contribution in [-0.4, -0.2) is 54.1 Å². The van der Waals surface area contributed by atoms with E-state index in [1.165, 1.54) is 4.90 Å². The number of carboxylic acid groups (broad SMARTS) is 1. The van der Waals surface area contributed by atoms with Crippen molar-refractivity contribution < 1.29 is 14.7 Å². The zero-order valence-electron chi connectivity index (χ0n) is 11.0. The molecule has 0 aliphatic carbocycles. The van der Waals surface area contributed by atoms with Crippen molar-refractivity contribution in [3.05, 3.63) is 10.0 Å². The van der Waals surface area contributed by atoms with E-state index in [1.807, 2.05) is 6.92 Å². The van der Waals surface area contributed by atoms with Gasteiger partial charge in [0, 0.05) is 20.6 Å². The summed E-state index contributed by atoms with van der Waals surface area (Å²) in [6.07, 6.45) is 0.820. The first-order valence-corrected chi connectivity index (χ1v) is 6.91. The van der Waals surface area contributed by atoms with Crippen LogP contribution in [0, 0.1) is 0 Å². The molecule has 0 fully saturated rings. The maximum absolute atomic E-state index is 11.7. The molecule has 0 saturated carbocycles. The Balaban J connectivity index is 2.96. The second kappa shape index (κ2) is 6.72. The molecule has 1 heterocycles. The Morgan fingerprint density at radius 1 is 1.42 bits per heavy atom. The molecule has 0 atom stereocenters.